The molecule has 2 N–H and O–H groups in total. The van der Waals surface area contributed by atoms with Gasteiger partial charge in [0.2, 0.25) is 15.7 Å². The second kappa shape index (κ2) is 13.5. The van der Waals surface area contributed by atoms with Crippen LogP contribution in [0.4, 0.5) is 17.1 Å². The van der Waals surface area contributed by atoms with Crippen LogP contribution in [0.25, 0.3) is 0 Å². The van der Waals surface area contributed by atoms with Gasteiger partial charge >= 0.3 is 5.97 Å². The number of rotatable bonds is 10. The molecule has 0 aromatic heterocycles. The summed E-state index contributed by atoms with van der Waals surface area (Å²) in [5, 5.41) is 11.1. The molecule has 44 heavy (non-hydrogen) atoms. The van der Waals surface area contributed by atoms with Crippen LogP contribution in [0.3, 0.4) is 0 Å². The molecule has 1 aliphatic heterocycles. The highest BCUT2D eigenvalue weighted by atomic mass is 79.9. The first kappa shape index (κ1) is 31.1. The first-order valence-electron chi connectivity index (χ1n) is 14.1. The van der Waals surface area contributed by atoms with Crippen LogP contribution in [-0.2, 0) is 21.1 Å². The lowest BCUT2D eigenvalue weighted by Gasteiger charge is -2.35. The van der Waals surface area contributed by atoms with Crippen LogP contribution in [-0.4, -0.2) is 45.6 Å². The van der Waals surface area contributed by atoms with E-state index in [-0.39, 0.29) is 33.2 Å². The Hall–Kier alpha value is -4.35. The van der Waals surface area contributed by atoms with E-state index in [9.17, 15) is 23.1 Å². The normalized spacial score (nSPS) is 13.3. The third kappa shape index (κ3) is 6.58. The lowest BCUT2D eigenvalue weighted by atomic mass is 10.1. The minimum absolute atomic E-state index is 0.0357. The Morgan fingerprint density at radius 1 is 0.909 bits per heavy atom. The number of benzene rings is 4. The zero-order valence-corrected chi connectivity index (χ0v) is 26.5. The average molecular weight is 679 g/mol. The number of piperidine rings is 1. The summed E-state index contributed by atoms with van der Waals surface area (Å²) in [6, 6.07) is 25.3. The standard InChI is InChI=1S/C33H32BrN3O6S/c1-43-30-20-23(26(34)22-25(30)33(39)40)21-32(38)35-37(28-15-7-6-14-27(28)36-18-10-3-11-19-36)29-16-8-9-17-31(29)44(41,42)24-12-4-2-5-13-24/h2,4-9,12-17,20,22H,3,10-11,18-19,21H2,1H3,(H,35,38)(H,39,40). The molecule has 9 nitrogen and oxygen atoms in total. The molecule has 0 unspecified atom stereocenters. The van der Waals surface area contributed by atoms with Gasteiger partial charge in [-0.25, -0.2) is 13.2 Å². The molecule has 1 aliphatic rings. The molecule has 0 atom stereocenters. The molecule has 0 bridgehead atoms. The number of hydrogen-bond acceptors (Lipinski definition) is 7. The second-order valence-corrected chi connectivity index (χ2v) is 13.1. The lowest BCUT2D eigenvalue weighted by Crippen LogP contribution is -2.42. The Balaban J connectivity index is 1.60. The highest BCUT2D eigenvalue weighted by molar-refractivity contribution is 9.10. The van der Waals surface area contributed by atoms with Crippen LogP contribution in [0.1, 0.15) is 35.2 Å². The first-order chi connectivity index (χ1) is 21.2. The molecule has 1 heterocycles. The van der Waals surface area contributed by atoms with E-state index in [0.717, 1.165) is 38.0 Å². The molecule has 1 saturated heterocycles. The number of amides is 1. The third-order valence-electron chi connectivity index (χ3n) is 7.46. The van der Waals surface area contributed by atoms with Gasteiger partial charge in [-0.1, -0.05) is 58.4 Å². The molecule has 4 aromatic rings. The number of nitrogens with one attached hydrogen (secondary N) is 1. The quantitative estimate of drug-likeness (QED) is 0.186. The molecule has 1 amide bonds. The van der Waals surface area contributed by atoms with E-state index in [2.05, 4.69) is 26.3 Å². The Kier molecular flexibility index (Phi) is 9.55. The smallest absolute Gasteiger partial charge is 0.339 e. The topological polar surface area (TPSA) is 116 Å². The zero-order chi connectivity index (χ0) is 31.3. The summed E-state index contributed by atoms with van der Waals surface area (Å²) in [6.07, 6.45) is 3.05. The number of methoxy groups -OCH3 is 1. The van der Waals surface area contributed by atoms with Crippen molar-refractivity contribution in [2.45, 2.75) is 35.5 Å². The van der Waals surface area contributed by atoms with Crippen molar-refractivity contribution in [3.05, 3.63) is 107 Å². The van der Waals surface area contributed by atoms with Gasteiger partial charge in [0.1, 0.15) is 11.3 Å². The molecule has 5 rings (SSSR count). The summed E-state index contributed by atoms with van der Waals surface area (Å²) in [5.74, 6) is -1.48. The molecular weight excluding hydrogens is 646 g/mol. The average Bonchev–Trinajstić information content (AvgIpc) is 3.05. The fourth-order valence-electron chi connectivity index (χ4n) is 5.31. The van der Waals surface area contributed by atoms with Crippen LogP contribution in [0.2, 0.25) is 0 Å². The van der Waals surface area contributed by atoms with Crippen molar-refractivity contribution in [1.82, 2.24) is 5.43 Å². The number of nitrogens with zero attached hydrogens (tertiary/aromatic N) is 2. The van der Waals surface area contributed by atoms with Gasteiger partial charge in [-0.15, -0.1) is 0 Å². The first-order valence-corrected chi connectivity index (χ1v) is 16.4. The number of carbonyl (C=O) groups excluding carboxylic acids is 1. The predicted octanol–water partition coefficient (Wildman–Crippen LogP) is 6.39. The number of hydrazine groups is 1. The van der Waals surface area contributed by atoms with Gasteiger partial charge in [0.25, 0.3) is 0 Å². The highest BCUT2D eigenvalue weighted by Crippen LogP contribution is 2.39. The van der Waals surface area contributed by atoms with Crippen LogP contribution >= 0.6 is 15.9 Å². The molecule has 228 valence electrons. The van der Waals surface area contributed by atoms with Crippen molar-refractivity contribution in [2.24, 2.45) is 0 Å². The SMILES string of the molecule is COc1cc(CC(=O)NN(c2ccccc2N2CCCCC2)c2ccccc2S(=O)(=O)c2ccccc2)c(Br)cc1C(=O)O. The van der Waals surface area contributed by atoms with E-state index in [1.54, 1.807) is 53.5 Å². The fraction of sp³-hybridized carbons (Fsp3) is 0.212. The number of halogens is 1. The van der Waals surface area contributed by atoms with Crippen molar-refractivity contribution >= 4 is 54.7 Å². The fourth-order valence-corrected chi connectivity index (χ4v) is 7.25. The Labute approximate surface area is 265 Å². The third-order valence-corrected chi connectivity index (χ3v) is 10.0. The van der Waals surface area contributed by atoms with Gasteiger partial charge in [-0.05, 0) is 73.4 Å². The van der Waals surface area contributed by atoms with E-state index < -0.39 is 21.7 Å². The molecule has 0 spiro atoms. The maximum absolute atomic E-state index is 13.9. The largest absolute Gasteiger partial charge is 0.496 e. The van der Waals surface area contributed by atoms with Crippen LogP contribution in [0.5, 0.6) is 5.75 Å². The van der Waals surface area contributed by atoms with Crippen molar-refractivity contribution < 1.29 is 27.9 Å². The van der Waals surface area contributed by atoms with E-state index in [4.69, 9.17) is 4.74 Å². The molecule has 0 aliphatic carbocycles. The predicted molar refractivity (Wildman–Crippen MR) is 172 cm³/mol. The number of carbonyl (C=O) groups is 2. The minimum Gasteiger partial charge on any atom is -0.496 e. The van der Waals surface area contributed by atoms with Gasteiger partial charge in [0.05, 0.1) is 40.4 Å². The van der Waals surface area contributed by atoms with Gasteiger partial charge in [0.15, 0.2) is 0 Å². The van der Waals surface area contributed by atoms with Gasteiger partial charge < -0.3 is 14.7 Å². The summed E-state index contributed by atoms with van der Waals surface area (Å²) in [5.41, 5.74) is 5.20. The van der Waals surface area contributed by atoms with Gasteiger partial charge in [-0.3, -0.25) is 15.2 Å². The Morgan fingerprint density at radius 3 is 2.23 bits per heavy atom. The highest BCUT2D eigenvalue weighted by Gasteiger charge is 2.28. The number of para-hydroxylation sites is 3. The summed E-state index contributed by atoms with van der Waals surface area (Å²) >= 11 is 3.39. The summed E-state index contributed by atoms with van der Waals surface area (Å²) in [6.45, 7) is 1.68. The number of ether oxygens (including phenoxy) is 1. The molecule has 1 fully saturated rings. The molecular formula is C33H32BrN3O6S. The number of sulfone groups is 1. The van der Waals surface area contributed by atoms with Gasteiger partial charge in [0, 0.05) is 17.6 Å². The van der Waals surface area contributed by atoms with Crippen molar-refractivity contribution in [2.75, 3.05) is 30.1 Å². The summed E-state index contributed by atoms with van der Waals surface area (Å²) in [7, 11) is -2.61. The van der Waals surface area contributed by atoms with Crippen molar-refractivity contribution in [1.29, 1.82) is 0 Å². The van der Waals surface area contributed by atoms with E-state index in [1.165, 1.54) is 25.3 Å². The zero-order valence-electron chi connectivity index (χ0n) is 24.1. The van der Waals surface area contributed by atoms with Crippen LogP contribution in [0, 0.1) is 0 Å². The number of anilines is 3. The van der Waals surface area contributed by atoms with E-state index >= 15 is 0 Å². The van der Waals surface area contributed by atoms with E-state index in [0.29, 0.717) is 15.7 Å². The lowest BCUT2D eigenvalue weighted by molar-refractivity contribution is -0.120. The Bertz CT molecular complexity index is 1780. The monoisotopic (exact) mass is 677 g/mol. The molecule has 4 aromatic carbocycles. The number of hydrogen-bond donors (Lipinski definition) is 2. The van der Waals surface area contributed by atoms with Gasteiger partial charge in [-0.2, -0.15) is 0 Å². The minimum atomic E-state index is -3.97. The second-order valence-electron chi connectivity index (χ2n) is 10.3. The maximum Gasteiger partial charge on any atom is 0.339 e. The summed E-state index contributed by atoms with van der Waals surface area (Å²) in [4.78, 5) is 27.8. The van der Waals surface area contributed by atoms with Crippen LogP contribution < -0.4 is 20.1 Å². The number of carboxylic acid groups (broad SMARTS) is 1. The molecule has 0 radical (unpaired) electrons. The number of carboxylic acids is 1. The number of aromatic carboxylic acids is 1. The maximum atomic E-state index is 13.9. The molecule has 11 heteroatoms. The molecule has 0 saturated carbocycles. The van der Waals surface area contributed by atoms with E-state index in [1.807, 2.05) is 24.3 Å². The van der Waals surface area contributed by atoms with Crippen molar-refractivity contribution in [3.63, 3.8) is 0 Å². The van der Waals surface area contributed by atoms with Crippen molar-refractivity contribution in [3.8, 4) is 5.75 Å². The summed E-state index contributed by atoms with van der Waals surface area (Å²) < 4.78 is 33.6. The Morgan fingerprint density at radius 2 is 1.55 bits per heavy atom. The van der Waals surface area contributed by atoms with Crippen LogP contribution in [0.15, 0.2) is 105 Å².